The van der Waals surface area contributed by atoms with Crippen LogP contribution in [-0.2, 0) is 6.42 Å². The van der Waals surface area contributed by atoms with Crippen LogP contribution in [0.5, 0.6) is 5.75 Å². The van der Waals surface area contributed by atoms with E-state index in [0.717, 1.165) is 23.3 Å². The lowest BCUT2D eigenvalue weighted by atomic mass is 10.0. The highest BCUT2D eigenvalue weighted by molar-refractivity contribution is 5.89. The Bertz CT molecular complexity index is 832. The predicted octanol–water partition coefficient (Wildman–Crippen LogP) is 3.98. The van der Waals surface area contributed by atoms with Crippen molar-refractivity contribution in [1.29, 1.82) is 5.26 Å². The minimum atomic E-state index is -0.457. The van der Waals surface area contributed by atoms with Gasteiger partial charge in [0.15, 0.2) is 0 Å². The normalized spacial score (nSPS) is 16.3. The molecule has 5 nitrogen and oxygen atoms in total. The average molecular weight is 306 g/mol. The van der Waals surface area contributed by atoms with Crippen LogP contribution in [-0.4, -0.2) is 11.0 Å². The summed E-state index contributed by atoms with van der Waals surface area (Å²) in [6.07, 6.45) is 2.82. The van der Waals surface area contributed by atoms with Gasteiger partial charge in [-0.05, 0) is 54.0 Å². The van der Waals surface area contributed by atoms with Gasteiger partial charge < -0.3 is 4.74 Å². The SMILES string of the molecule is C[C@@H]1Cc2cc(/C=C(\C#N)c3ccc([N+](=O)[O-])cc3)ccc2O1. The molecule has 0 fully saturated rings. The Morgan fingerprint density at radius 1 is 1.35 bits per heavy atom. The molecule has 0 saturated heterocycles. The molecule has 0 radical (unpaired) electrons. The first-order chi connectivity index (χ1) is 11.1. The molecule has 0 amide bonds. The van der Waals surface area contributed by atoms with Gasteiger partial charge in [0.1, 0.15) is 11.9 Å². The molecule has 1 heterocycles. The van der Waals surface area contributed by atoms with Crippen LogP contribution in [0.4, 0.5) is 5.69 Å². The van der Waals surface area contributed by atoms with E-state index >= 15 is 0 Å². The average Bonchev–Trinajstić information content (AvgIpc) is 2.92. The van der Waals surface area contributed by atoms with Crippen LogP contribution in [0.25, 0.3) is 11.6 Å². The van der Waals surface area contributed by atoms with Crippen molar-refractivity contribution < 1.29 is 9.66 Å². The number of hydrogen-bond acceptors (Lipinski definition) is 4. The summed E-state index contributed by atoms with van der Waals surface area (Å²) in [5, 5.41) is 20.1. The fourth-order valence-corrected chi connectivity index (χ4v) is 2.64. The van der Waals surface area contributed by atoms with E-state index in [1.54, 1.807) is 18.2 Å². The van der Waals surface area contributed by atoms with Crippen molar-refractivity contribution in [3.8, 4) is 11.8 Å². The summed E-state index contributed by atoms with van der Waals surface area (Å²) >= 11 is 0. The van der Waals surface area contributed by atoms with Gasteiger partial charge in [-0.15, -0.1) is 0 Å². The molecule has 0 spiro atoms. The van der Waals surface area contributed by atoms with Crippen molar-refractivity contribution >= 4 is 17.3 Å². The molecule has 2 aromatic carbocycles. The van der Waals surface area contributed by atoms with E-state index in [9.17, 15) is 15.4 Å². The van der Waals surface area contributed by atoms with Crippen molar-refractivity contribution in [3.63, 3.8) is 0 Å². The number of rotatable bonds is 3. The molecule has 23 heavy (non-hydrogen) atoms. The number of nitro groups is 1. The van der Waals surface area contributed by atoms with Gasteiger partial charge in [-0.3, -0.25) is 10.1 Å². The van der Waals surface area contributed by atoms with E-state index in [4.69, 9.17) is 4.74 Å². The molecular weight excluding hydrogens is 292 g/mol. The molecule has 0 aromatic heterocycles. The van der Waals surface area contributed by atoms with Gasteiger partial charge in [0.2, 0.25) is 0 Å². The first-order valence-electron chi connectivity index (χ1n) is 7.23. The lowest BCUT2D eigenvalue weighted by molar-refractivity contribution is -0.384. The number of nitriles is 1. The minimum absolute atomic E-state index is 0.00899. The van der Waals surface area contributed by atoms with Gasteiger partial charge in [0.05, 0.1) is 16.6 Å². The van der Waals surface area contributed by atoms with Crippen LogP contribution >= 0.6 is 0 Å². The van der Waals surface area contributed by atoms with Crippen molar-refractivity contribution in [2.45, 2.75) is 19.4 Å². The molecule has 0 N–H and O–H groups in total. The van der Waals surface area contributed by atoms with Crippen LogP contribution in [0.15, 0.2) is 42.5 Å². The summed E-state index contributed by atoms with van der Waals surface area (Å²) in [5.41, 5.74) is 3.17. The monoisotopic (exact) mass is 306 g/mol. The van der Waals surface area contributed by atoms with E-state index in [0.29, 0.717) is 11.1 Å². The highest BCUT2D eigenvalue weighted by Crippen LogP contribution is 2.30. The Labute approximate surface area is 133 Å². The summed E-state index contributed by atoms with van der Waals surface area (Å²) < 4.78 is 5.66. The van der Waals surface area contributed by atoms with Crippen molar-refractivity contribution in [2.24, 2.45) is 0 Å². The van der Waals surface area contributed by atoms with Crippen LogP contribution in [0, 0.1) is 21.4 Å². The Balaban J connectivity index is 1.92. The predicted molar refractivity (Wildman–Crippen MR) is 86.8 cm³/mol. The van der Waals surface area contributed by atoms with E-state index in [1.807, 2.05) is 25.1 Å². The zero-order valence-corrected chi connectivity index (χ0v) is 12.5. The Morgan fingerprint density at radius 2 is 2.09 bits per heavy atom. The molecule has 3 rings (SSSR count). The van der Waals surface area contributed by atoms with Gasteiger partial charge in [-0.25, -0.2) is 0 Å². The number of fused-ring (bicyclic) bond motifs is 1. The standard InChI is InChI=1S/C18H14N2O3/c1-12-8-15-9-13(2-7-18(15)23-12)10-16(11-19)14-3-5-17(6-4-14)20(21)22/h2-7,9-10,12H,8H2,1H3/b16-10+/t12-/m1/s1. The fraction of sp³-hybridized carbons (Fsp3) is 0.167. The maximum absolute atomic E-state index is 10.7. The molecule has 0 aliphatic carbocycles. The number of benzene rings is 2. The molecule has 1 aliphatic rings. The Kier molecular flexibility index (Phi) is 3.82. The second kappa shape index (κ2) is 5.93. The molecule has 0 saturated carbocycles. The van der Waals surface area contributed by atoms with E-state index in [1.165, 1.54) is 12.1 Å². The van der Waals surface area contributed by atoms with Gasteiger partial charge in [0.25, 0.3) is 5.69 Å². The van der Waals surface area contributed by atoms with Crippen LogP contribution < -0.4 is 4.74 Å². The number of non-ortho nitro benzene ring substituents is 1. The number of allylic oxidation sites excluding steroid dienone is 1. The lowest BCUT2D eigenvalue weighted by Crippen LogP contribution is -2.05. The molecule has 2 aromatic rings. The molecule has 1 aliphatic heterocycles. The molecule has 0 bridgehead atoms. The maximum Gasteiger partial charge on any atom is 0.269 e. The summed E-state index contributed by atoms with van der Waals surface area (Å²) in [4.78, 5) is 10.2. The van der Waals surface area contributed by atoms with Crippen molar-refractivity contribution in [2.75, 3.05) is 0 Å². The third-order valence-corrected chi connectivity index (χ3v) is 3.74. The summed E-state index contributed by atoms with van der Waals surface area (Å²) in [6.45, 7) is 2.02. The van der Waals surface area contributed by atoms with E-state index in [-0.39, 0.29) is 11.8 Å². The number of nitrogens with zero attached hydrogens (tertiary/aromatic N) is 2. The Morgan fingerprint density at radius 3 is 2.74 bits per heavy atom. The largest absolute Gasteiger partial charge is 0.490 e. The van der Waals surface area contributed by atoms with Gasteiger partial charge in [-0.1, -0.05) is 6.07 Å². The molecule has 1 atom stereocenters. The number of hydrogen-bond donors (Lipinski definition) is 0. The topological polar surface area (TPSA) is 76.2 Å². The van der Waals surface area contributed by atoms with E-state index < -0.39 is 4.92 Å². The fourth-order valence-electron chi connectivity index (χ4n) is 2.64. The zero-order chi connectivity index (χ0) is 16.4. The lowest BCUT2D eigenvalue weighted by Gasteiger charge is -2.03. The third kappa shape index (κ3) is 3.06. The van der Waals surface area contributed by atoms with Gasteiger partial charge >= 0.3 is 0 Å². The second-order valence-corrected chi connectivity index (χ2v) is 5.47. The van der Waals surface area contributed by atoms with Gasteiger partial charge in [0, 0.05) is 18.6 Å². The Hall–Kier alpha value is -3.13. The molecular formula is C18H14N2O3. The molecule has 114 valence electrons. The van der Waals surface area contributed by atoms with Crippen molar-refractivity contribution in [3.05, 3.63) is 69.3 Å². The highest BCUT2D eigenvalue weighted by atomic mass is 16.6. The summed E-state index contributed by atoms with van der Waals surface area (Å²) in [5.74, 6) is 0.892. The van der Waals surface area contributed by atoms with Crippen LogP contribution in [0.2, 0.25) is 0 Å². The number of ether oxygens (including phenoxy) is 1. The molecule has 5 heteroatoms. The quantitative estimate of drug-likeness (QED) is 0.372. The first kappa shape index (κ1) is 14.8. The first-order valence-corrected chi connectivity index (χ1v) is 7.23. The van der Waals surface area contributed by atoms with Crippen molar-refractivity contribution in [1.82, 2.24) is 0 Å². The maximum atomic E-state index is 10.7. The summed E-state index contributed by atoms with van der Waals surface area (Å²) in [7, 11) is 0. The minimum Gasteiger partial charge on any atom is -0.490 e. The molecule has 0 unspecified atom stereocenters. The highest BCUT2D eigenvalue weighted by Gasteiger charge is 2.18. The van der Waals surface area contributed by atoms with Crippen LogP contribution in [0.3, 0.4) is 0 Å². The van der Waals surface area contributed by atoms with Crippen LogP contribution in [0.1, 0.15) is 23.6 Å². The second-order valence-electron chi connectivity index (χ2n) is 5.47. The zero-order valence-electron chi connectivity index (χ0n) is 12.5. The summed E-state index contributed by atoms with van der Waals surface area (Å²) in [6, 6.07) is 14.0. The third-order valence-electron chi connectivity index (χ3n) is 3.74. The van der Waals surface area contributed by atoms with Gasteiger partial charge in [-0.2, -0.15) is 5.26 Å². The smallest absolute Gasteiger partial charge is 0.269 e. The van der Waals surface area contributed by atoms with E-state index in [2.05, 4.69) is 6.07 Å². The number of nitro benzene ring substituents is 1.